The third-order valence-corrected chi connectivity index (χ3v) is 3.55. The summed E-state index contributed by atoms with van der Waals surface area (Å²) in [6.07, 6.45) is 0. The third-order valence-electron chi connectivity index (χ3n) is 3.26. The predicted molar refractivity (Wildman–Crippen MR) is 84.7 cm³/mol. The highest BCUT2D eigenvalue weighted by atomic mass is 35.5. The summed E-state index contributed by atoms with van der Waals surface area (Å²) in [4.78, 5) is 0. The van der Waals surface area contributed by atoms with E-state index in [1.807, 2.05) is 37.3 Å². The standard InChI is InChI=1S/C17H20ClNO/c1-11(2)13-4-7-15(8-5-13)20-17-9-6-14(12(3)19)10-16(17)18/h4-12H,19H2,1-3H3/t12-/m1/s1. The van der Waals surface area contributed by atoms with Crippen molar-refractivity contribution in [2.45, 2.75) is 32.7 Å². The molecule has 0 aromatic heterocycles. The maximum absolute atomic E-state index is 6.22. The van der Waals surface area contributed by atoms with Crippen LogP contribution in [-0.4, -0.2) is 0 Å². The average molecular weight is 290 g/mol. The normalized spacial score (nSPS) is 12.5. The summed E-state index contributed by atoms with van der Waals surface area (Å²) >= 11 is 6.22. The van der Waals surface area contributed by atoms with Crippen molar-refractivity contribution in [1.29, 1.82) is 0 Å². The number of halogens is 1. The minimum atomic E-state index is -0.0353. The quantitative estimate of drug-likeness (QED) is 0.831. The van der Waals surface area contributed by atoms with Crippen LogP contribution in [0.1, 0.15) is 43.9 Å². The van der Waals surface area contributed by atoms with Gasteiger partial charge in [0, 0.05) is 6.04 Å². The Labute approximate surface area is 125 Å². The first-order valence-corrected chi connectivity index (χ1v) is 7.18. The molecule has 0 fully saturated rings. The number of hydrogen-bond acceptors (Lipinski definition) is 2. The highest BCUT2D eigenvalue weighted by molar-refractivity contribution is 6.32. The van der Waals surface area contributed by atoms with Gasteiger partial charge in [-0.15, -0.1) is 0 Å². The number of ether oxygens (including phenoxy) is 1. The van der Waals surface area contributed by atoms with Gasteiger partial charge in [0.1, 0.15) is 11.5 Å². The van der Waals surface area contributed by atoms with Crippen molar-refractivity contribution in [2.24, 2.45) is 5.73 Å². The van der Waals surface area contributed by atoms with E-state index in [0.29, 0.717) is 16.7 Å². The van der Waals surface area contributed by atoms with Crippen LogP contribution in [0.5, 0.6) is 11.5 Å². The fourth-order valence-corrected chi connectivity index (χ4v) is 2.16. The van der Waals surface area contributed by atoms with Crippen LogP contribution in [0.3, 0.4) is 0 Å². The summed E-state index contributed by atoms with van der Waals surface area (Å²) in [7, 11) is 0. The lowest BCUT2D eigenvalue weighted by molar-refractivity contribution is 0.482. The molecule has 0 aliphatic heterocycles. The molecule has 0 aliphatic carbocycles. The van der Waals surface area contributed by atoms with E-state index in [2.05, 4.69) is 26.0 Å². The molecular weight excluding hydrogens is 270 g/mol. The molecule has 0 spiro atoms. The monoisotopic (exact) mass is 289 g/mol. The van der Waals surface area contributed by atoms with Gasteiger partial charge in [-0.25, -0.2) is 0 Å². The molecule has 0 bridgehead atoms. The van der Waals surface area contributed by atoms with Gasteiger partial charge in [0.15, 0.2) is 0 Å². The molecule has 0 unspecified atom stereocenters. The van der Waals surface area contributed by atoms with Crippen LogP contribution in [0.4, 0.5) is 0 Å². The van der Waals surface area contributed by atoms with E-state index < -0.39 is 0 Å². The Bertz CT molecular complexity index is 576. The van der Waals surface area contributed by atoms with Crippen molar-refractivity contribution in [3.05, 3.63) is 58.6 Å². The van der Waals surface area contributed by atoms with Crippen LogP contribution < -0.4 is 10.5 Å². The zero-order valence-corrected chi connectivity index (χ0v) is 12.8. The zero-order chi connectivity index (χ0) is 14.7. The van der Waals surface area contributed by atoms with E-state index in [9.17, 15) is 0 Å². The van der Waals surface area contributed by atoms with Gasteiger partial charge in [0.2, 0.25) is 0 Å². The van der Waals surface area contributed by atoms with Gasteiger partial charge in [0.25, 0.3) is 0 Å². The average Bonchev–Trinajstić information content (AvgIpc) is 2.41. The van der Waals surface area contributed by atoms with Crippen LogP contribution in [0.2, 0.25) is 5.02 Å². The Hall–Kier alpha value is -1.51. The van der Waals surface area contributed by atoms with Gasteiger partial charge < -0.3 is 10.5 Å². The molecule has 0 saturated heterocycles. The summed E-state index contributed by atoms with van der Waals surface area (Å²) in [6, 6.07) is 13.7. The molecule has 2 rings (SSSR count). The molecule has 0 heterocycles. The molecule has 2 aromatic carbocycles. The van der Waals surface area contributed by atoms with E-state index in [1.165, 1.54) is 5.56 Å². The van der Waals surface area contributed by atoms with Crippen molar-refractivity contribution in [2.75, 3.05) is 0 Å². The van der Waals surface area contributed by atoms with Gasteiger partial charge in [0.05, 0.1) is 5.02 Å². The smallest absolute Gasteiger partial charge is 0.146 e. The van der Waals surface area contributed by atoms with E-state index in [0.717, 1.165) is 11.3 Å². The molecule has 0 aliphatic rings. The maximum Gasteiger partial charge on any atom is 0.146 e. The number of rotatable bonds is 4. The summed E-state index contributed by atoms with van der Waals surface area (Å²) < 4.78 is 5.81. The predicted octanol–water partition coefficient (Wildman–Crippen LogP) is 5.28. The maximum atomic E-state index is 6.22. The molecule has 2 aromatic rings. The fraction of sp³-hybridized carbons (Fsp3) is 0.294. The number of nitrogens with two attached hydrogens (primary N) is 1. The Balaban J connectivity index is 2.17. The summed E-state index contributed by atoms with van der Waals surface area (Å²) in [5, 5.41) is 0.577. The second kappa shape index (κ2) is 6.29. The van der Waals surface area contributed by atoms with E-state index >= 15 is 0 Å². The molecule has 20 heavy (non-hydrogen) atoms. The largest absolute Gasteiger partial charge is 0.456 e. The SMILES string of the molecule is CC(C)c1ccc(Oc2ccc([C@@H](C)N)cc2Cl)cc1. The van der Waals surface area contributed by atoms with Gasteiger partial charge in [-0.05, 0) is 48.2 Å². The topological polar surface area (TPSA) is 35.2 Å². The lowest BCUT2D eigenvalue weighted by atomic mass is 10.0. The lowest BCUT2D eigenvalue weighted by Gasteiger charge is -2.12. The van der Waals surface area contributed by atoms with Gasteiger partial charge in [-0.2, -0.15) is 0 Å². The lowest BCUT2D eigenvalue weighted by Crippen LogP contribution is -2.04. The first-order valence-electron chi connectivity index (χ1n) is 6.80. The highest BCUT2D eigenvalue weighted by Crippen LogP contribution is 2.31. The number of hydrogen-bond donors (Lipinski definition) is 1. The van der Waals surface area contributed by atoms with Crippen molar-refractivity contribution < 1.29 is 4.74 Å². The van der Waals surface area contributed by atoms with E-state index in [-0.39, 0.29) is 6.04 Å². The van der Waals surface area contributed by atoms with Crippen molar-refractivity contribution in [3.63, 3.8) is 0 Å². The summed E-state index contributed by atoms with van der Waals surface area (Å²) in [6.45, 7) is 6.26. The highest BCUT2D eigenvalue weighted by Gasteiger charge is 2.07. The van der Waals surface area contributed by atoms with Crippen LogP contribution in [-0.2, 0) is 0 Å². The van der Waals surface area contributed by atoms with Crippen molar-refractivity contribution in [1.82, 2.24) is 0 Å². The minimum Gasteiger partial charge on any atom is -0.456 e. The minimum absolute atomic E-state index is 0.0353. The van der Waals surface area contributed by atoms with E-state index in [1.54, 1.807) is 0 Å². The molecule has 0 radical (unpaired) electrons. The molecule has 1 atom stereocenters. The van der Waals surface area contributed by atoms with Gasteiger partial charge >= 0.3 is 0 Å². The van der Waals surface area contributed by atoms with Gasteiger partial charge in [-0.3, -0.25) is 0 Å². The van der Waals surface area contributed by atoms with Crippen LogP contribution >= 0.6 is 11.6 Å². The zero-order valence-electron chi connectivity index (χ0n) is 12.1. The first kappa shape index (κ1) is 14.9. The van der Waals surface area contributed by atoms with Crippen LogP contribution in [0.25, 0.3) is 0 Å². The Morgan fingerprint density at radius 1 is 0.950 bits per heavy atom. The molecule has 0 amide bonds. The number of benzene rings is 2. The summed E-state index contributed by atoms with van der Waals surface area (Å²) in [5.74, 6) is 1.94. The molecule has 2 nitrogen and oxygen atoms in total. The van der Waals surface area contributed by atoms with Crippen LogP contribution in [0, 0.1) is 0 Å². The Morgan fingerprint density at radius 3 is 2.05 bits per heavy atom. The Kier molecular flexibility index (Phi) is 4.69. The van der Waals surface area contributed by atoms with Gasteiger partial charge in [-0.1, -0.05) is 43.6 Å². The van der Waals surface area contributed by atoms with Crippen LogP contribution in [0.15, 0.2) is 42.5 Å². The van der Waals surface area contributed by atoms with E-state index in [4.69, 9.17) is 22.1 Å². The fourth-order valence-electron chi connectivity index (χ4n) is 1.93. The molecule has 2 N–H and O–H groups in total. The second-order valence-corrected chi connectivity index (χ2v) is 5.71. The van der Waals surface area contributed by atoms with Crippen molar-refractivity contribution in [3.8, 4) is 11.5 Å². The molecule has 106 valence electrons. The van der Waals surface area contributed by atoms with Crippen molar-refractivity contribution >= 4 is 11.6 Å². The Morgan fingerprint density at radius 2 is 1.55 bits per heavy atom. The third kappa shape index (κ3) is 3.53. The molecular formula is C17H20ClNO. The first-order chi connectivity index (χ1) is 9.47. The molecule has 3 heteroatoms. The summed E-state index contributed by atoms with van der Waals surface area (Å²) in [5.41, 5.74) is 8.12. The molecule has 0 saturated carbocycles. The second-order valence-electron chi connectivity index (χ2n) is 5.30.